The van der Waals surface area contributed by atoms with Gasteiger partial charge in [-0.05, 0) is 12.8 Å². The molecule has 0 radical (unpaired) electrons. The van der Waals surface area contributed by atoms with E-state index in [1.807, 2.05) is 0 Å². The fourth-order valence-corrected chi connectivity index (χ4v) is 4.82. The van der Waals surface area contributed by atoms with Crippen molar-refractivity contribution in [1.29, 1.82) is 0 Å². The molecule has 0 spiro atoms. The van der Waals surface area contributed by atoms with Gasteiger partial charge in [-0.2, -0.15) is 0 Å². The molecule has 1 aliphatic heterocycles. The zero-order chi connectivity index (χ0) is 10.3. The monoisotopic (exact) mass is 244 g/mol. The zero-order valence-corrected chi connectivity index (χ0v) is 9.12. The van der Waals surface area contributed by atoms with E-state index in [1.165, 1.54) is 0 Å². The fourth-order valence-electron chi connectivity index (χ4n) is 1.31. The summed E-state index contributed by atoms with van der Waals surface area (Å²) in [5, 5.41) is -1.00. The molecule has 0 aromatic rings. The molecule has 1 aliphatic rings. The Morgan fingerprint density at radius 1 is 1.46 bits per heavy atom. The predicted octanol–water partition coefficient (Wildman–Crippen LogP) is 0.646. The summed E-state index contributed by atoms with van der Waals surface area (Å²) in [6.07, 6.45) is 0.769. The van der Waals surface area contributed by atoms with Gasteiger partial charge >= 0.3 is 0 Å². The Kier molecular flexibility index (Phi) is 2.75. The summed E-state index contributed by atoms with van der Waals surface area (Å²) >= 11 is 0. The third kappa shape index (κ3) is 2.24. The summed E-state index contributed by atoms with van der Waals surface area (Å²) in [4.78, 5) is -0.397. The van der Waals surface area contributed by atoms with E-state index in [9.17, 15) is 16.8 Å². The van der Waals surface area contributed by atoms with Crippen molar-refractivity contribution >= 4 is 29.6 Å². The Bertz CT molecular complexity index is 420. The molecular weight excluding hydrogens is 236 g/mol. The van der Waals surface area contributed by atoms with Gasteiger partial charge in [-0.3, -0.25) is 0 Å². The van der Waals surface area contributed by atoms with Gasteiger partial charge in [0.25, 0.3) is 9.05 Å². The molecule has 1 heterocycles. The van der Waals surface area contributed by atoms with Crippen molar-refractivity contribution in [3.05, 3.63) is 11.5 Å². The topological polar surface area (TPSA) is 68.3 Å². The van der Waals surface area contributed by atoms with Crippen molar-refractivity contribution in [3.8, 4) is 0 Å². The van der Waals surface area contributed by atoms with Gasteiger partial charge in [0.1, 0.15) is 0 Å². The third-order valence-electron chi connectivity index (χ3n) is 2.00. The Morgan fingerprint density at radius 2 is 2.00 bits per heavy atom. The largest absolute Gasteiger partial charge is 0.258 e. The fraction of sp³-hybridized carbons (Fsp3) is 0.667. The van der Waals surface area contributed by atoms with Gasteiger partial charge in [-0.1, -0.05) is 6.58 Å². The van der Waals surface area contributed by atoms with E-state index in [2.05, 4.69) is 6.58 Å². The van der Waals surface area contributed by atoms with Gasteiger partial charge in [-0.25, -0.2) is 16.8 Å². The Balaban J connectivity index is 3.06. The van der Waals surface area contributed by atoms with Gasteiger partial charge in [0, 0.05) is 10.7 Å². The van der Waals surface area contributed by atoms with E-state index in [0.29, 0.717) is 12.8 Å². The van der Waals surface area contributed by atoms with Crippen LogP contribution < -0.4 is 0 Å². The highest BCUT2D eigenvalue weighted by Crippen LogP contribution is 2.29. The van der Waals surface area contributed by atoms with Crippen LogP contribution >= 0.6 is 10.7 Å². The van der Waals surface area contributed by atoms with Crippen LogP contribution in [0.4, 0.5) is 0 Å². The Hall–Kier alpha value is -0.0700. The quantitative estimate of drug-likeness (QED) is 0.669. The van der Waals surface area contributed by atoms with Crippen molar-refractivity contribution in [1.82, 2.24) is 0 Å². The summed E-state index contributed by atoms with van der Waals surface area (Å²) in [5.41, 5.74) is 0. The van der Waals surface area contributed by atoms with Crippen LogP contribution in [0.15, 0.2) is 11.5 Å². The molecule has 0 aliphatic carbocycles. The minimum atomic E-state index is -3.96. The lowest BCUT2D eigenvalue weighted by Gasteiger charge is -2.08. The van der Waals surface area contributed by atoms with Gasteiger partial charge in [-0.15, -0.1) is 0 Å². The second-order valence-electron chi connectivity index (χ2n) is 2.90. The van der Waals surface area contributed by atoms with Crippen LogP contribution in [0, 0.1) is 0 Å². The molecule has 13 heavy (non-hydrogen) atoms. The van der Waals surface area contributed by atoms with Crippen molar-refractivity contribution in [2.45, 2.75) is 18.1 Å². The summed E-state index contributed by atoms with van der Waals surface area (Å²) < 4.78 is 44.1. The molecular formula is C6H9ClO4S2. The highest BCUT2D eigenvalue weighted by Gasteiger charge is 2.37. The van der Waals surface area contributed by atoms with E-state index in [0.717, 1.165) is 0 Å². The number of halogens is 1. The third-order valence-corrected chi connectivity index (χ3v) is 5.90. The molecule has 1 rings (SSSR count). The van der Waals surface area contributed by atoms with Crippen LogP contribution in [0.25, 0.3) is 0 Å². The number of hydrogen-bond acceptors (Lipinski definition) is 4. The van der Waals surface area contributed by atoms with Gasteiger partial charge < -0.3 is 0 Å². The minimum absolute atomic E-state index is 0.0170. The maximum Gasteiger partial charge on any atom is 0.258 e. The van der Waals surface area contributed by atoms with Crippen LogP contribution in [0.1, 0.15) is 12.8 Å². The molecule has 1 saturated heterocycles. The molecule has 0 amide bonds. The van der Waals surface area contributed by atoms with Crippen molar-refractivity contribution in [2.75, 3.05) is 5.75 Å². The molecule has 0 saturated carbocycles. The number of sulfone groups is 1. The van der Waals surface area contributed by atoms with Crippen LogP contribution in [0.5, 0.6) is 0 Å². The summed E-state index contributed by atoms with van der Waals surface area (Å²) in [6, 6.07) is 0. The maximum atomic E-state index is 11.3. The van der Waals surface area contributed by atoms with E-state index in [1.54, 1.807) is 0 Å². The highest BCUT2D eigenvalue weighted by molar-refractivity contribution is 8.17. The molecule has 0 N–H and O–H groups in total. The van der Waals surface area contributed by atoms with Crippen LogP contribution in [-0.2, 0) is 18.9 Å². The van der Waals surface area contributed by atoms with Gasteiger partial charge in [0.2, 0.25) is 0 Å². The molecule has 0 bridgehead atoms. The van der Waals surface area contributed by atoms with E-state index < -0.39 is 29.0 Å². The van der Waals surface area contributed by atoms with Crippen LogP contribution in [-0.4, -0.2) is 27.8 Å². The first kappa shape index (κ1) is 11.0. The zero-order valence-electron chi connectivity index (χ0n) is 6.73. The van der Waals surface area contributed by atoms with Crippen molar-refractivity contribution < 1.29 is 16.8 Å². The Labute approximate surface area is 81.9 Å². The summed E-state index contributed by atoms with van der Waals surface area (Å²) in [5.74, 6) is 0.0170. The molecule has 1 fully saturated rings. The standard InChI is InChI=1S/C6H9ClO4S2/c1-5(13(7,10)11)6-3-2-4-12(6,8)9/h6H,1-4H2. The summed E-state index contributed by atoms with van der Waals surface area (Å²) in [7, 11) is -2.29. The second kappa shape index (κ2) is 3.25. The van der Waals surface area contributed by atoms with E-state index >= 15 is 0 Å². The second-order valence-corrected chi connectivity index (χ2v) is 7.82. The molecule has 1 unspecified atom stereocenters. The molecule has 7 heteroatoms. The average molecular weight is 245 g/mol. The SMILES string of the molecule is C=C(C1CCCS1(=O)=O)S(=O)(=O)Cl. The first-order chi connectivity index (χ1) is 5.75. The molecule has 0 aromatic carbocycles. The highest BCUT2D eigenvalue weighted by atomic mass is 35.7. The van der Waals surface area contributed by atoms with E-state index in [-0.39, 0.29) is 5.75 Å². The lowest BCUT2D eigenvalue weighted by Crippen LogP contribution is -2.20. The lowest BCUT2D eigenvalue weighted by atomic mass is 10.2. The summed E-state index contributed by atoms with van der Waals surface area (Å²) in [6.45, 7) is 3.20. The predicted molar refractivity (Wildman–Crippen MR) is 50.7 cm³/mol. The number of hydrogen-bond donors (Lipinski definition) is 0. The van der Waals surface area contributed by atoms with Crippen LogP contribution in [0.2, 0.25) is 0 Å². The van der Waals surface area contributed by atoms with Crippen molar-refractivity contribution in [3.63, 3.8) is 0 Å². The minimum Gasteiger partial charge on any atom is -0.228 e. The van der Waals surface area contributed by atoms with Gasteiger partial charge in [0.15, 0.2) is 9.84 Å². The normalized spacial score (nSPS) is 27.3. The lowest BCUT2D eigenvalue weighted by molar-refractivity contribution is 0.592. The first-order valence-corrected chi connectivity index (χ1v) is 7.62. The molecule has 0 aromatic heterocycles. The maximum absolute atomic E-state index is 11.3. The first-order valence-electron chi connectivity index (χ1n) is 3.60. The Morgan fingerprint density at radius 3 is 2.31 bits per heavy atom. The van der Waals surface area contributed by atoms with Gasteiger partial charge in [0.05, 0.1) is 15.9 Å². The smallest absolute Gasteiger partial charge is 0.228 e. The van der Waals surface area contributed by atoms with E-state index in [4.69, 9.17) is 10.7 Å². The van der Waals surface area contributed by atoms with Crippen molar-refractivity contribution in [2.24, 2.45) is 0 Å². The van der Waals surface area contributed by atoms with Crippen LogP contribution in [0.3, 0.4) is 0 Å². The molecule has 76 valence electrons. The number of rotatable bonds is 2. The molecule has 4 nitrogen and oxygen atoms in total. The average Bonchev–Trinajstić information content (AvgIpc) is 2.26. The molecule has 1 atom stereocenters.